The summed E-state index contributed by atoms with van der Waals surface area (Å²) in [7, 11) is 0. The maximum absolute atomic E-state index is 12.6. The van der Waals surface area contributed by atoms with Gasteiger partial charge in [-0.1, -0.05) is 24.3 Å². The molecule has 0 aliphatic heterocycles. The maximum Gasteiger partial charge on any atom is 0.261 e. The number of hydrogen-bond acceptors (Lipinski definition) is 4. The number of hydrogen-bond donors (Lipinski definition) is 3. The lowest BCUT2D eigenvalue weighted by atomic mass is 10.0. The molecule has 6 nitrogen and oxygen atoms in total. The van der Waals surface area contributed by atoms with Gasteiger partial charge >= 0.3 is 0 Å². The van der Waals surface area contributed by atoms with Crippen LogP contribution in [0.3, 0.4) is 0 Å². The highest BCUT2D eigenvalue weighted by Gasteiger charge is 2.13. The van der Waals surface area contributed by atoms with Crippen LogP contribution >= 0.6 is 0 Å². The van der Waals surface area contributed by atoms with E-state index in [2.05, 4.69) is 16.9 Å². The van der Waals surface area contributed by atoms with Gasteiger partial charge in [0.15, 0.2) is 11.5 Å². The Morgan fingerprint density at radius 2 is 2.13 bits per heavy atom. The molecule has 31 heavy (non-hydrogen) atoms. The van der Waals surface area contributed by atoms with E-state index in [0.29, 0.717) is 42.9 Å². The molecule has 3 aromatic rings. The number of nitrogens with one attached hydrogen (secondary N) is 2. The number of phenolic OH excluding ortho intramolecular Hbond substituents is 1. The zero-order valence-corrected chi connectivity index (χ0v) is 17.4. The third-order valence-electron chi connectivity index (χ3n) is 4.87. The van der Waals surface area contributed by atoms with Gasteiger partial charge in [-0.2, -0.15) is 5.26 Å². The fourth-order valence-corrected chi connectivity index (χ4v) is 3.41. The largest absolute Gasteiger partial charge is 0.504 e. The van der Waals surface area contributed by atoms with E-state index in [-0.39, 0.29) is 11.3 Å². The molecular weight excluding hydrogens is 390 g/mol. The summed E-state index contributed by atoms with van der Waals surface area (Å²) in [6.45, 7) is 6.30. The Hall–Kier alpha value is -3.98. The van der Waals surface area contributed by atoms with Crippen molar-refractivity contribution < 1.29 is 14.6 Å². The van der Waals surface area contributed by atoms with Crippen molar-refractivity contribution in [3.8, 4) is 17.6 Å². The molecule has 0 bridgehead atoms. The lowest BCUT2D eigenvalue weighted by Gasteiger charge is -2.11. The van der Waals surface area contributed by atoms with Crippen molar-refractivity contribution >= 4 is 22.9 Å². The molecule has 0 saturated carbocycles. The number of aromatic amines is 1. The number of allylic oxidation sites excluding steroid dienone is 1. The number of ether oxygens (including phenoxy) is 1. The van der Waals surface area contributed by atoms with Gasteiger partial charge in [0.25, 0.3) is 5.91 Å². The molecule has 0 unspecified atom stereocenters. The second-order valence-electron chi connectivity index (χ2n) is 6.99. The summed E-state index contributed by atoms with van der Waals surface area (Å²) in [5.74, 6) is -0.0932. The second kappa shape index (κ2) is 10.2. The maximum atomic E-state index is 12.6. The minimum absolute atomic E-state index is 0.0170. The molecule has 0 spiro atoms. The van der Waals surface area contributed by atoms with Crippen molar-refractivity contribution in [2.24, 2.45) is 0 Å². The summed E-state index contributed by atoms with van der Waals surface area (Å²) in [4.78, 5) is 15.8. The number of rotatable bonds is 9. The van der Waals surface area contributed by atoms with E-state index in [1.54, 1.807) is 18.2 Å². The van der Waals surface area contributed by atoms with Crippen LogP contribution in [0.1, 0.15) is 23.6 Å². The number of carbonyl (C=O) groups is 1. The first kappa shape index (κ1) is 21.7. The normalized spacial score (nSPS) is 11.2. The number of benzene rings is 2. The second-order valence-corrected chi connectivity index (χ2v) is 6.99. The highest BCUT2D eigenvalue weighted by Crippen LogP contribution is 2.33. The lowest BCUT2D eigenvalue weighted by Crippen LogP contribution is -2.26. The summed E-state index contributed by atoms with van der Waals surface area (Å²) in [5.41, 5.74) is 3.35. The monoisotopic (exact) mass is 415 g/mol. The van der Waals surface area contributed by atoms with Gasteiger partial charge in [0.05, 0.1) is 6.61 Å². The Balaban J connectivity index is 1.74. The first-order valence-electron chi connectivity index (χ1n) is 10.1. The van der Waals surface area contributed by atoms with Crippen LogP contribution in [0.2, 0.25) is 0 Å². The predicted octanol–water partition coefficient (Wildman–Crippen LogP) is 4.27. The predicted molar refractivity (Wildman–Crippen MR) is 122 cm³/mol. The molecule has 0 atom stereocenters. The fraction of sp³-hybridized carbons (Fsp3) is 0.200. The van der Waals surface area contributed by atoms with Crippen molar-refractivity contribution in [3.05, 3.63) is 77.5 Å². The zero-order chi connectivity index (χ0) is 22.2. The molecule has 158 valence electrons. The van der Waals surface area contributed by atoms with E-state index >= 15 is 0 Å². The number of aromatic hydroxyl groups is 1. The van der Waals surface area contributed by atoms with Crippen LogP contribution in [0.5, 0.6) is 11.5 Å². The Labute approximate surface area is 181 Å². The Bertz CT molecular complexity index is 1170. The van der Waals surface area contributed by atoms with E-state index in [9.17, 15) is 15.2 Å². The van der Waals surface area contributed by atoms with Crippen LogP contribution in [0, 0.1) is 11.3 Å². The lowest BCUT2D eigenvalue weighted by molar-refractivity contribution is -0.117. The SMILES string of the molecule is C=CCc1cc(/C=C(/C#N)C(=O)NCCc2c[nH]c3ccccc23)cc(OCC)c1O. The molecule has 0 radical (unpaired) electrons. The summed E-state index contributed by atoms with van der Waals surface area (Å²) in [5, 5.41) is 23.7. The molecule has 0 fully saturated rings. The van der Waals surface area contributed by atoms with Gasteiger partial charge < -0.3 is 20.1 Å². The highest BCUT2D eigenvalue weighted by atomic mass is 16.5. The average Bonchev–Trinajstić information content (AvgIpc) is 3.18. The third kappa shape index (κ3) is 5.14. The number of nitriles is 1. The minimum Gasteiger partial charge on any atom is -0.504 e. The number of phenols is 1. The number of aromatic nitrogens is 1. The number of fused-ring (bicyclic) bond motifs is 1. The highest BCUT2D eigenvalue weighted by molar-refractivity contribution is 6.01. The molecule has 0 aliphatic carbocycles. The van der Waals surface area contributed by atoms with E-state index < -0.39 is 5.91 Å². The summed E-state index contributed by atoms with van der Waals surface area (Å²) < 4.78 is 5.48. The first-order chi connectivity index (χ1) is 15.1. The molecule has 3 N–H and O–H groups in total. The van der Waals surface area contributed by atoms with Gasteiger partial charge in [0, 0.05) is 29.2 Å². The topological polar surface area (TPSA) is 98.1 Å². The van der Waals surface area contributed by atoms with E-state index in [1.165, 1.54) is 6.08 Å². The summed E-state index contributed by atoms with van der Waals surface area (Å²) in [6, 6.07) is 13.3. The zero-order valence-electron chi connectivity index (χ0n) is 17.4. The number of para-hydroxylation sites is 1. The molecule has 1 aromatic heterocycles. The van der Waals surface area contributed by atoms with E-state index in [0.717, 1.165) is 16.5 Å². The summed E-state index contributed by atoms with van der Waals surface area (Å²) >= 11 is 0. The van der Waals surface area contributed by atoms with Crippen LogP contribution in [0.25, 0.3) is 17.0 Å². The molecule has 6 heteroatoms. The Morgan fingerprint density at radius 1 is 1.32 bits per heavy atom. The van der Waals surface area contributed by atoms with Crippen LogP contribution in [-0.4, -0.2) is 29.1 Å². The molecule has 0 saturated heterocycles. The molecule has 2 aromatic carbocycles. The molecule has 0 aliphatic rings. The molecule has 1 heterocycles. The quantitative estimate of drug-likeness (QED) is 0.276. The van der Waals surface area contributed by atoms with Gasteiger partial charge in [0.1, 0.15) is 11.6 Å². The van der Waals surface area contributed by atoms with Gasteiger partial charge in [0.2, 0.25) is 0 Å². The summed E-state index contributed by atoms with van der Waals surface area (Å²) in [6.07, 6.45) is 6.18. The van der Waals surface area contributed by atoms with Gasteiger partial charge in [-0.15, -0.1) is 6.58 Å². The third-order valence-corrected chi connectivity index (χ3v) is 4.87. The van der Waals surface area contributed by atoms with Gasteiger partial charge in [-0.05, 0) is 55.2 Å². The Kier molecular flexibility index (Phi) is 7.13. The van der Waals surface area contributed by atoms with Crippen LogP contribution < -0.4 is 10.1 Å². The molecular formula is C25H25N3O3. The average molecular weight is 415 g/mol. The Morgan fingerprint density at radius 3 is 2.87 bits per heavy atom. The fourth-order valence-electron chi connectivity index (χ4n) is 3.41. The molecule has 1 amide bonds. The first-order valence-corrected chi connectivity index (χ1v) is 10.1. The minimum atomic E-state index is -0.446. The number of carbonyl (C=O) groups excluding carboxylic acids is 1. The van der Waals surface area contributed by atoms with Crippen LogP contribution in [-0.2, 0) is 17.6 Å². The van der Waals surface area contributed by atoms with Crippen LogP contribution in [0.15, 0.2) is 60.8 Å². The van der Waals surface area contributed by atoms with E-state index in [4.69, 9.17) is 4.74 Å². The van der Waals surface area contributed by atoms with Crippen LogP contribution in [0.4, 0.5) is 0 Å². The van der Waals surface area contributed by atoms with Gasteiger partial charge in [-0.25, -0.2) is 0 Å². The standard InChI is InChI=1S/C25H25N3O3/c1-3-7-18-12-17(14-23(24(18)29)31-4-2)13-20(15-26)25(30)27-11-10-19-16-28-22-9-6-5-8-21(19)22/h3,5-6,8-9,12-14,16,28-29H,1,4,7,10-11H2,2H3,(H,27,30)/b20-13-. The van der Waals surface area contributed by atoms with E-state index in [1.807, 2.05) is 43.5 Å². The van der Waals surface area contributed by atoms with Crippen molar-refractivity contribution in [2.45, 2.75) is 19.8 Å². The van der Waals surface area contributed by atoms with Gasteiger partial charge in [-0.3, -0.25) is 4.79 Å². The van der Waals surface area contributed by atoms with Crippen molar-refractivity contribution in [1.29, 1.82) is 5.26 Å². The number of amides is 1. The smallest absolute Gasteiger partial charge is 0.261 e. The van der Waals surface area contributed by atoms with Crippen molar-refractivity contribution in [3.63, 3.8) is 0 Å². The molecule has 3 rings (SSSR count). The number of nitrogens with zero attached hydrogens (tertiary/aromatic N) is 1. The van der Waals surface area contributed by atoms with Crippen molar-refractivity contribution in [2.75, 3.05) is 13.2 Å². The van der Waals surface area contributed by atoms with Crippen molar-refractivity contribution in [1.82, 2.24) is 10.3 Å². The number of H-pyrrole nitrogens is 1.